The summed E-state index contributed by atoms with van der Waals surface area (Å²) in [7, 11) is 0. The standard InChI is InChI=1S/C35H39FN4O3/c1-24-23-39(28-17-15-27(36)16-18-28)20-21-40(24)34(42)26-14-19-29-31(22-26)37-30(33(38-29)25-10-6-5-7-11-25)12-8-9-13-32(41)43-35(2,3)4/h5-7,10-11,14-19,22,24H,8-9,12-13,20-21,23H2,1-4H3. The number of halogens is 1. The van der Waals surface area contributed by atoms with Crippen molar-refractivity contribution in [3.05, 3.63) is 89.9 Å². The molecular formula is C35H39FN4O3. The molecule has 1 unspecified atom stereocenters. The third-order valence-electron chi connectivity index (χ3n) is 7.58. The number of ether oxygens (including phenoxy) is 1. The van der Waals surface area contributed by atoms with E-state index < -0.39 is 5.60 Å². The van der Waals surface area contributed by atoms with Crippen molar-refractivity contribution in [2.75, 3.05) is 24.5 Å². The quantitative estimate of drug-likeness (QED) is 0.167. The number of fused-ring (bicyclic) bond motifs is 1. The highest BCUT2D eigenvalue weighted by molar-refractivity contribution is 5.98. The first-order valence-corrected chi connectivity index (χ1v) is 15.0. The second kappa shape index (κ2) is 12.9. The van der Waals surface area contributed by atoms with Gasteiger partial charge in [0.2, 0.25) is 0 Å². The van der Waals surface area contributed by atoms with Crippen LogP contribution in [0.25, 0.3) is 22.3 Å². The fraction of sp³-hybridized carbons (Fsp3) is 0.371. The van der Waals surface area contributed by atoms with E-state index in [0.717, 1.165) is 34.6 Å². The van der Waals surface area contributed by atoms with E-state index in [-0.39, 0.29) is 23.7 Å². The maximum absolute atomic E-state index is 13.7. The Bertz CT molecular complexity index is 1590. The molecule has 0 N–H and O–H groups in total. The zero-order chi connectivity index (χ0) is 30.6. The summed E-state index contributed by atoms with van der Waals surface area (Å²) in [5, 5.41) is 0. The SMILES string of the molecule is CC1CN(c2ccc(F)cc2)CCN1C(=O)c1ccc2nc(-c3ccccc3)c(CCCCC(=O)OC(C)(C)C)nc2c1. The van der Waals surface area contributed by atoms with Gasteiger partial charge < -0.3 is 14.5 Å². The van der Waals surface area contributed by atoms with E-state index in [0.29, 0.717) is 50.0 Å². The third kappa shape index (κ3) is 7.55. The van der Waals surface area contributed by atoms with E-state index in [1.165, 1.54) is 12.1 Å². The first kappa shape index (κ1) is 30.1. The normalized spacial score (nSPS) is 15.5. The molecule has 0 saturated carbocycles. The number of carbonyl (C=O) groups excluding carboxylic acids is 2. The van der Waals surface area contributed by atoms with Crippen LogP contribution in [-0.4, -0.2) is 58.0 Å². The van der Waals surface area contributed by atoms with E-state index in [4.69, 9.17) is 14.7 Å². The van der Waals surface area contributed by atoms with Gasteiger partial charge in [0.15, 0.2) is 0 Å². The number of esters is 1. The van der Waals surface area contributed by atoms with Crippen LogP contribution in [-0.2, 0) is 16.0 Å². The highest BCUT2D eigenvalue weighted by Crippen LogP contribution is 2.27. The van der Waals surface area contributed by atoms with Crippen molar-refractivity contribution in [3.63, 3.8) is 0 Å². The molecule has 0 bridgehead atoms. The number of anilines is 1. The Hall–Kier alpha value is -4.33. The lowest BCUT2D eigenvalue weighted by molar-refractivity contribution is -0.154. The van der Waals surface area contributed by atoms with Crippen LogP contribution in [0.1, 0.15) is 63.0 Å². The van der Waals surface area contributed by atoms with Crippen LogP contribution in [0, 0.1) is 5.82 Å². The van der Waals surface area contributed by atoms with Crippen molar-refractivity contribution in [2.45, 2.75) is 65.0 Å². The molecule has 1 amide bonds. The van der Waals surface area contributed by atoms with Crippen LogP contribution in [0.5, 0.6) is 0 Å². The Labute approximate surface area is 252 Å². The molecule has 1 saturated heterocycles. The maximum Gasteiger partial charge on any atom is 0.306 e. The Morgan fingerprint density at radius 3 is 2.37 bits per heavy atom. The second-order valence-corrected chi connectivity index (χ2v) is 12.2. The van der Waals surface area contributed by atoms with Gasteiger partial charge in [-0.05, 0) is 89.4 Å². The van der Waals surface area contributed by atoms with Crippen LogP contribution in [0.3, 0.4) is 0 Å². The van der Waals surface area contributed by atoms with E-state index in [9.17, 15) is 14.0 Å². The van der Waals surface area contributed by atoms with Gasteiger partial charge in [0, 0.05) is 48.9 Å². The molecule has 1 fully saturated rings. The van der Waals surface area contributed by atoms with Crippen molar-refractivity contribution in [1.29, 1.82) is 0 Å². The minimum Gasteiger partial charge on any atom is -0.460 e. The lowest BCUT2D eigenvalue weighted by Crippen LogP contribution is -2.54. The average Bonchev–Trinajstić information content (AvgIpc) is 2.98. The lowest BCUT2D eigenvalue weighted by Gasteiger charge is -2.41. The molecule has 8 heteroatoms. The average molecular weight is 583 g/mol. The summed E-state index contributed by atoms with van der Waals surface area (Å²) in [4.78, 5) is 39.9. The number of piperazine rings is 1. The topological polar surface area (TPSA) is 75.6 Å². The smallest absolute Gasteiger partial charge is 0.306 e. The molecule has 1 aromatic heterocycles. The van der Waals surface area contributed by atoms with Crippen LogP contribution in [0.2, 0.25) is 0 Å². The number of benzene rings is 3. The van der Waals surface area contributed by atoms with E-state index in [2.05, 4.69) is 4.90 Å². The summed E-state index contributed by atoms with van der Waals surface area (Å²) in [5.74, 6) is -0.498. The van der Waals surface area contributed by atoms with Gasteiger partial charge in [-0.3, -0.25) is 9.59 Å². The van der Waals surface area contributed by atoms with Crippen molar-refractivity contribution >= 4 is 28.6 Å². The molecule has 224 valence electrons. The minimum absolute atomic E-state index is 0.0194. The number of aromatic nitrogens is 2. The van der Waals surface area contributed by atoms with Gasteiger partial charge in [0.1, 0.15) is 11.4 Å². The summed E-state index contributed by atoms with van der Waals surface area (Å²) in [6.07, 6.45) is 2.44. The predicted octanol–water partition coefficient (Wildman–Crippen LogP) is 6.84. The first-order chi connectivity index (χ1) is 20.6. The predicted molar refractivity (Wildman–Crippen MR) is 167 cm³/mol. The molecule has 1 aliphatic rings. The fourth-order valence-electron chi connectivity index (χ4n) is 5.49. The van der Waals surface area contributed by atoms with E-state index >= 15 is 0 Å². The van der Waals surface area contributed by atoms with E-state index in [1.54, 1.807) is 12.1 Å². The Morgan fingerprint density at radius 1 is 0.930 bits per heavy atom. The maximum atomic E-state index is 13.7. The van der Waals surface area contributed by atoms with Gasteiger partial charge in [0.25, 0.3) is 5.91 Å². The second-order valence-electron chi connectivity index (χ2n) is 12.2. The number of nitrogens with zero attached hydrogens (tertiary/aromatic N) is 4. The van der Waals surface area contributed by atoms with Gasteiger partial charge in [-0.15, -0.1) is 0 Å². The molecule has 7 nitrogen and oxygen atoms in total. The van der Waals surface area contributed by atoms with Gasteiger partial charge in [-0.2, -0.15) is 0 Å². The van der Waals surface area contributed by atoms with Crippen LogP contribution < -0.4 is 4.90 Å². The van der Waals surface area contributed by atoms with Crippen molar-refractivity contribution < 1.29 is 18.7 Å². The zero-order valence-electron chi connectivity index (χ0n) is 25.3. The number of hydrogen-bond donors (Lipinski definition) is 0. The molecule has 5 rings (SSSR count). The molecule has 0 radical (unpaired) electrons. The highest BCUT2D eigenvalue weighted by Gasteiger charge is 2.28. The van der Waals surface area contributed by atoms with Crippen LogP contribution in [0.15, 0.2) is 72.8 Å². The molecule has 43 heavy (non-hydrogen) atoms. The van der Waals surface area contributed by atoms with Crippen molar-refractivity contribution in [3.8, 4) is 11.3 Å². The summed E-state index contributed by atoms with van der Waals surface area (Å²) in [6.45, 7) is 9.55. The number of unbranched alkanes of at least 4 members (excludes halogenated alkanes) is 1. The molecule has 1 atom stereocenters. The van der Waals surface area contributed by atoms with E-state index in [1.807, 2.05) is 81.1 Å². The van der Waals surface area contributed by atoms with Crippen molar-refractivity contribution in [1.82, 2.24) is 14.9 Å². The molecule has 1 aliphatic heterocycles. The van der Waals surface area contributed by atoms with Crippen molar-refractivity contribution in [2.24, 2.45) is 0 Å². The number of carbonyl (C=O) groups is 2. The summed E-state index contributed by atoms with van der Waals surface area (Å²) >= 11 is 0. The van der Waals surface area contributed by atoms with Gasteiger partial charge in [0.05, 0.1) is 22.4 Å². The largest absolute Gasteiger partial charge is 0.460 e. The summed E-state index contributed by atoms with van der Waals surface area (Å²) in [5.41, 5.74) is 5.06. The number of aryl methyl sites for hydroxylation is 1. The third-order valence-corrected chi connectivity index (χ3v) is 7.58. The fourth-order valence-corrected chi connectivity index (χ4v) is 5.49. The Morgan fingerprint density at radius 2 is 1.67 bits per heavy atom. The highest BCUT2D eigenvalue weighted by atomic mass is 19.1. The summed E-state index contributed by atoms with van der Waals surface area (Å²) in [6, 6.07) is 22.0. The lowest BCUT2D eigenvalue weighted by atomic mass is 10.0. The number of hydrogen-bond acceptors (Lipinski definition) is 6. The monoisotopic (exact) mass is 582 g/mol. The molecule has 3 aromatic carbocycles. The molecule has 0 aliphatic carbocycles. The minimum atomic E-state index is -0.496. The first-order valence-electron chi connectivity index (χ1n) is 15.0. The number of amides is 1. The molecular weight excluding hydrogens is 543 g/mol. The molecule has 2 heterocycles. The Balaban J connectivity index is 1.33. The Kier molecular flexibility index (Phi) is 9.04. The molecule has 0 spiro atoms. The zero-order valence-corrected chi connectivity index (χ0v) is 25.3. The van der Waals surface area contributed by atoms with Gasteiger partial charge in [-0.25, -0.2) is 14.4 Å². The van der Waals surface area contributed by atoms with Crippen LogP contribution >= 0.6 is 0 Å². The van der Waals surface area contributed by atoms with Crippen LogP contribution in [0.4, 0.5) is 10.1 Å². The molecule has 4 aromatic rings. The summed E-state index contributed by atoms with van der Waals surface area (Å²) < 4.78 is 18.8. The number of rotatable bonds is 8. The van der Waals surface area contributed by atoms with Gasteiger partial charge in [-0.1, -0.05) is 30.3 Å². The van der Waals surface area contributed by atoms with Gasteiger partial charge >= 0.3 is 5.97 Å².